The molecule has 8 heteroatoms. The molecule has 0 bridgehead atoms. The SMILES string of the molecule is CC(=O)c1ccc(NC(=O)CN2CCN(C(=O)[C@H]3COc4ccccc4O3)CC2)cc1. The van der Waals surface area contributed by atoms with E-state index in [1.807, 2.05) is 23.1 Å². The molecule has 1 N–H and O–H groups in total. The van der Waals surface area contributed by atoms with E-state index < -0.39 is 6.10 Å². The van der Waals surface area contributed by atoms with Gasteiger partial charge in [-0.05, 0) is 43.3 Å². The molecular weight excluding hydrogens is 398 g/mol. The van der Waals surface area contributed by atoms with E-state index in [9.17, 15) is 14.4 Å². The van der Waals surface area contributed by atoms with Crippen LogP contribution >= 0.6 is 0 Å². The fourth-order valence-corrected chi connectivity index (χ4v) is 3.66. The highest BCUT2D eigenvalue weighted by atomic mass is 16.6. The first-order valence-electron chi connectivity index (χ1n) is 10.3. The van der Waals surface area contributed by atoms with Gasteiger partial charge in [0.05, 0.1) is 6.54 Å². The lowest BCUT2D eigenvalue weighted by Gasteiger charge is -2.36. The van der Waals surface area contributed by atoms with Gasteiger partial charge in [0.25, 0.3) is 5.91 Å². The minimum atomic E-state index is -0.650. The lowest BCUT2D eigenvalue weighted by molar-refractivity contribution is -0.143. The Balaban J connectivity index is 1.23. The summed E-state index contributed by atoms with van der Waals surface area (Å²) >= 11 is 0. The lowest BCUT2D eigenvalue weighted by Crippen LogP contribution is -2.54. The van der Waals surface area contributed by atoms with E-state index in [2.05, 4.69) is 5.32 Å². The summed E-state index contributed by atoms with van der Waals surface area (Å²) in [5, 5.41) is 2.84. The number of nitrogens with one attached hydrogen (secondary N) is 1. The van der Waals surface area contributed by atoms with Crippen molar-refractivity contribution in [2.75, 3.05) is 44.6 Å². The smallest absolute Gasteiger partial charge is 0.267 e. The van der Waals surface area contributed by atoms with Gasteiger partial charge in [-0.2, -0.15) is 0 Å². The molecule has 2 aliphatic heterocycles. The number of piperazine rings is 1. The van der Waals surface area contributed by atoms with Gasteiger partial charge in [0.15, 0.2) is 17.3 Å². The van der Waals surface area contributed by atoms with E-state index in [-0.39, 0.29) is 30.7 Å². The summed E-state index contributed by atoms with van der Waals surface area (Å²) in [6.45, 7) is 4.21. The molecule has 1 atom stereocenters. The third-order valence-electron chi connectivity index (χ3n) is 5.41. The molecule has 0 aliphatic carbocycles. The van der Waals surface area contributed by atoms with E-state index in [1.165, 1.54) is 6.92 Å². The molecule has 4 rings (SSSR count). The molecule has 2 heterocycles. The van der Waals surface area contributed by atoms with Gasteiger partial charge in [0, 0.05) is 37.4 Å². The zero-order valence-corrected chi connectivity index (χ0v) is 17.4. The first-order valence-corrected chi connectivity index (χ1v) is 10.3. The number of fused-ring (bicyclic) bond motifs is 1. The zero-order chi connectivity index (χ0) is 21.8. The molecule has 8 nitrogen and oxygen atoms in total. The number of carbonyl (C=O) groups is 3. The second-order valence-electron chi connectivity index (χ2n) is 7.65. The number of para-hydroxylation sites is 2. The molecule has 0 unspecified atom stereocenters. The Morgan fingerprint density at radius 3 is 2.32 bits per heavy atom. The van der Waals surface area contributed by atoms with Gasteiger partial charge < -0.3 is 19.7 Å². The molecule has 2 amide bonds. The Morgan fingerprint density at radius 1 is 0.968 bits per heavy atom. The highest BCUT2D eigenvalue weighted by molar-refractivity contribution is 5.96. The average Bonchev–Trinajstić information content (AvgIpc) is 2.79. The van der Waals surface area contributed by atoms with Crippen LogP contribution in [0.5, 0.6) is 11.5 Å². The molecule has 0 aromatic heterocycles. The topological polar surface area (TPSA) is 88.2 Å². The Bertz CT molecular complexity index is 967. The lowest BCUT2D eigenvalue weighted by atomic mass is 10.1. The maximum atomic E-state index is 12.8. The molecule has 2 aromatic rings. The Kier molecular flexibility index (Phi) is 6.18. The Hall–Kier alpha value is -3.39. The average molecular weight is 423 g/mol. The van der Waals surface area contributed by atoms with Crippen LogP contribution in [0, 0.1) is 0 Å². The second-order valence-corrected chi connectivity index (χ2v) is 7.65. The third kappa shape index (κ3) is 5.03. The van der Waals surface area contributed by atoms with E-state index in [4.69, 9.17) is 9.47 Å². The van der Waals surface area contributed by atoms with Crippen LogP contribution in [-0.4, -0.2) is 72.8 Å². The number of carbonyl (C=O) groups excluding carboxylic acids is 3. The van der Waals surface area contributed by atoms with E-state index >= 15 is 0 Å². The standard InChI is InChI=1S/C23H25N3O5/c1-16(27)17-6-8-18(9-7-17)24-22(28)14-25-10-12-26(13-11-25)23(29)21-15-30-19-4-2-3-5-20(19)31-21/h2-9,21H,10-15H2,1H3,(H,24,28)/t21-/m1/s1. The highest BCUT2D eigenvalue weighted by Gasteiger charge is 2.32. The van der Waals surface area contributed by atoms with E-state index in [0.29, 0.717) is 48.9 Å². The number of rotatable bonds is 5. The van der Waals surface area contributed by atoms with Crippen LogP contribution in [0.2, 0.25) is 0 Å². The monoisotopic (exact) mass is 423 g/mol. The number of amides is 2. The summed E-state index contributed by atoms with van der Waals surface area (Å²) in [4.78, 5) is 40.3. The fourth-order valence-electron chi connectivity index (χ4n) is 3.66. The van der Waals surface area contributed by atoms with Crippen molar-refractivity contribution in [3.8, 4) is 11.5 Å². The molecule has 0 saturated carbocycles. The third-order valence-corrected chi connectivity index (χ3v) is 5.41. The highest BCUT2D eigenvalue weighted by Crippen LogP contribution is 2.31. The predicted octanol–water partition coefficient (Wildman–Crippen LogP) is 1.81. The number of Topliss-reactive ketones (excluding diaryl/α,β-unsaturated/α-hetero) is 1. The van der Waals surface area contributed by atoms with Crippen molar-refractivity contribution in [3.05, 3.63) is 54.1 Å². The summed E-state index contributed by atoms with van der Waals surface area (Å²) in [5.41, 5.74) is 1.26. The number of nitrogens with zero attached hydrogens (tertiary/aromatic N) is 2. The zero-order valence-electron chi connectivity index (χ0n) is 17.4. The van der Waals surface area contributed by atoms with E-state index in [0.717, 1.165) is 0 Å². The summed E-state index contributed by atoms with van der Waals surface area (Å²) in [5.74, 6) is 0.997. The number of ether oxygens (including phenoxy) is 2. The quantitative estimate of drug-likeness (QED) is 0.738. The van der Waals surface area contributed by atoms with Crippen molar-refractivity contribution in [1.29, 1.82) is 0 Å². The molecule has 1 fully saturated rings. The molecule has 0 radical (unpaired) electrons. The van der Waals surface area contributed by atoms with Crippen molar-refractivity contribution in [1.82, 2.24) is 9.80 Å². The molecule has 2 aliphatic rings. The number of ketones is 1. The maximum Gasteiger partial charge on any atom is 0.267 e. The maximum absolute atomic E-state index is 12.8. The fraction of sp³-hybridized carbons (Fsp3) is 0.348. The Morgan fingerprint density at radius 2 is 1.65 bits per heavy atom. The van der Waals surface area contributed by atoms with Crippen molar-refractivity contribution >= 4 is 23.3 Å². The second kappa shape index (κ2) is 9.18. The van der Waals surface area contributed by atoms with Gasteiger partial charge in [-0.1, -0.05) is 12.1 Å². The van der Waals surface area contributed by atoms with Crippen LogP contribution in [-0.2, 0) is 9.59 Å². The summed E-state index contributed by atoms with van der Waals surface area (Å²) in [6.07, 6.45) is -0.650. The molecule has 162 valence electrons. The molecule has 2 aromatic carbocycles. The van der Waals surface area contributed by atoms with Gasteiger partial charge in [0.1, 0.15) is 6.61 Å². The molecule has 31 heavy (non-hydrogen) atoms. The normalized spacial score (nSPS) is 18.4. The van der Waals surface area contributed by atoms with Gasteiger partial charge in [-0.15, -0.1) is 0 Å². The number of benzene rings is 2. The largest absolute Gasteiger partial charge is 0.485 e. The van der Waals surface area contributed by atoms with Crippen LogP contribution in [0.15, 0.2) is 48.5 Å². The van der Waals surface area contributed by atoms with E-state index in [1.54, 1.807) is 35.2 Å². The minimum Gasteiger partial charge on any atom is -0.485 e. The van der Waals surface area contributed by atoms with Crippen LogP contribution in [0.3, 0.4) is 0 Å². The van der Waals surface area contributed by atoms with Crippen molar-refractivity contribution < 1.29 is 23.9 Å². The van der Waals surface area contributed by atoms with Crippen molar-refractivity contribution in [2.45, 2.75) is 13.0 Å². The minimum absolute atomic E-state index is 0.0142. The van der Waals surface area contributed by atoms with Gasteiger partial charge in [0.2, 0.25) is 12.0 Å². The number of hydrogen-bond acceptors (Lipinski definition) is 6. The molecule has 1 saturated heterocycles. The van der Waals surface area contributed by atoms with Crippen molar-refractivity contribution in [2.24, 2.45) is 0 Å². The van der Waals surface area contributed by atoms with Crippen molar-refractivity contribution in [3.63, 3.8) is 0 Å². The summed E-state index contributed by atoms with van der Waals surface area (Å²) in [7, 11) is 0. The van der Waals surface area contributed by atoms with Crippen LogP contribution < -0.4 is 14.8 Å². The Labute approximate surface area is 180 Å². The van der Waals surface area contributed by atoms with Gasteiger partial charge in [-0.25, -0.2) is 0 Å². The van der Waals surface area contributed by atoms with Crippen LogP contribution in [0.25, 0.3) is 0 Å². The first-order chi connectivity index (χ1) is 15.0. The predicted molar refractivity (Wildman–Crippen MR) is 114 cm³/mol. The summed E-state index contributed by atoms with van der Waals surface area (Å²) < 4.78 is 11.5. The van der Waals surface area contributed by atoms with Crippen LogP contribution in [0.4, 0.5) is 5.69 Å². The first kappa shape index (κ1) is 20.9. The number of hydrogen-bond donors (Lipinski definition) is 1. The van der Waals surface area contributed by atoms with Gasteiger partial charge >= 0.3 is 0 Å². The van der Waals surface area contributed by atoms with Crippen LogP contribution in [0.1, 0.15) is 17.3 Å². The van der Waals surface area contributed by atoms with Gasteiger partial charge in [-0.3, -0.25) is 19.3 Å². The molecular formula is C23H25N3O5. The summed E-state index contributed by atoms with van der Waals surface area (Å²) in [6, 6.07) is 14.1. The molecule has 0 spiro atoms. The number of anilines is 1.